The number of esters is 1. The lowest BCUT2D eigenvalue weighted by atomic mass is 9.96. The molecule has 32 heavy (non-hydrogen) atoms. The Balaban J connectivity index is 1.93. The Labute approximate surface area is 189 Å². The number of thiazole rings is 1. The summed E-state index contributed by atoms with van der Waals surface area (Å²) >= 11 is 1.32. The van der Waals surface area contributed by atoms with Crippen LogP contribution in [0.15, 0.2) is 69.6 Å². The van der Waals surface area contributed by atoms with Gasteiger partial charge in [0.1, 0.15) is 5.75 Å². The van der Waals surface area contributed by atoms with Gasteiger partial charge < -0.3 is 9.47 Å². The van der Waals surface area contributed by atoms with Crippen LogP contribution in [0.5, 0.6) is 5.75 Å². The molecule has 0 spiro atoms. The van der Waals surface area contributed by atoms with Crippen LogP contribution in [-0.2, 0) is 9.53 Å². The van der Waals surface area contributed by atoms with Crippen molar-refractivity contribution in [3.63, 3.8) is 0 Å². The fourth-order valence-electron chi connectivity index (χ4n) is 3.71. The summed E-state index contributed by atoms with van der Waals surface area (Å²) in [5, 5.41) is 0. The van der Waals surface area contributed by atoms with Crippen molar-refractivity contribution in [1.29, 1.82) is 0 Å². The van der Waals surface area contributed by atoms with E-state index in [9.17, 15) is 9.59 Å². The maximum absolute atomic E-state index is 13.5. The van der Waals surface area contributed by atoms with E-state index >= 15 is 0 Å². The van der Waals surface area contributed by atoms with Crippen LogP contribution in [0.25, 0.3) is 6.08 Å². The molecule has 0 saturated heterocycles. The van der Waals surface area contributed by atoms with Gasteiger partial charge in [-0.25, -0.2) is 9.79 Å². The number of methoxy groups -OCH3 is 1. The number of carbonyl (C=O) groups is 1. The summed E-state index contributed by atoms with van der Waals surface area (Å²) in [5.41, 5.74) is 3.59. The van der Waals surface area contributed by atoms with Crippen molar-refractivity contribution in [3.8, 4) is 5.75 Å². The number of ether oxygens (including phenoxy) is 2. The number of benzene rings is 2. The van der Waals surface area contributed by atoms with Gasteiger partial charge in [0.15, 0.2) is 4.80 Å². The van der Waals surface area contributed by atoms with Crippen molar-refractivity contribution < 1.29 is 14.3 Å². The molecular formula is C25H24N2O4S. The SMILES string of the molecule is CCOC(=O)C1=C(C)N=c2s/c(=C/c3ccc(C)cc3)c(=O)n2[C@@H]1c1ccc(OC)cc1. The molecular weight excluding hydrogens is 424 g/mol. The van der Waals surface area contributed by atoms with E-state index in [2.05, 4.69) is 4.99 Å². The summed E-state index contributed by atoms with van der Waals surface area (Å²) in [5.74, 6) is 0.223. The fraction of sp³-hybridized carbons (Fsp3) is 0.240. The van der Waals surface area contributed by atoms with E-state index in [0.717, 1.165) is 16.7 Å². The summed E-state index contributed by atoms with van der Waals surface area (Å²) < 4.78 is 12.7. The number of hydrogen-bond donors (Lipinski definition) is 0. The molecule has 0 saturated carbocycles. The summed E-state index contributed by atoms with van der Waals surface area (Å²) in [4.78, 5) is 31.5. The molecule has 0 aliphatic carbocycles. The van der Waals surface area contributed by atoms with Gasteiger partial charge in [0.05, 0.1) is 35.6 Å². The number of fused-ring (bicyclic) bond motifs is 1. The maximum Gasteiger partial charge on any atom is 0.338 e. The molecule has 1 aliphatic rings. The van der Waals surface area contributed by atoms with Gasteiger partial charge in [-0.05, 0) is 50.1 Å². The Bertz CT molecular complexity index is 1360. The minimum atomic E-state index is -0.628. The van der Waals surface area contributed by atoms with E-state index in [4.69, 9.17) is 9.47 Å². The lowest BCUT2D eigenvalue weighted by Crippen LogP contribution is -2.39. The predicted octanol–water partition coefficient (Wildman–Crippen LogP) is 3.12. The highest BCUT2D eigenvalue weighted by atomic mass is 32.1. The summed E-state index contributed by atoms with van der Waals surface area (Å²) in [6, 6.07) is 14.7. The summed E-state index contributed by atoms with van der Waals surface area (Å²) in [6.45, 7) is 5.79. The third kappa shape index (κ3) is 4.03. The van der Waals surface area contributed by atoms with Crippen LogP contribution in [0.2, 0.25) is 0 Å². The van der Waals surface area contributed by atoms with Crippen molar-refractivity contribution in [2.75, 3.05) is 13.7 Å². The minimum Gasteiger partial charge on any atom is -0.497 e. The van der Waals surface area contributed by atoms with Crippen LogP contribution in [0.3, 0.4) is 0 Å². The Hall–Kier alpha value is -3.45. The minimum absolute atomic E-state index is 0.190. The lowest BCUT2D eigenvalue weighted by molar-refractivity contribution is -0.139. The Morgan fingerprint density at radius 3 is 2.44 bits per heavy atom. The van der Waals surface area contributed by atoms with E-state index in [1.54, 1.807) is 25.5 Å². The van der Waals surface area contributed by atoms with Gasteiger partial charge in [0.2, 0.25) is 0 Å². The molecule has 7 heteroatoms. The zero-order valence-corrected chi connectivity index (χ0v) is 19.2. The van der Waals surface area contributed by atoms with E-state index < -0.39 is 12.0 Å². The molecule has 164 valence electrons. The van der Waals surface area contributed by atoms with Crippen LogP contribution in [0.1, 0.15) is 36.6 Å². The number of nitrogens with zero attached hydrogens (tertiary/aromatic N) is 2. The lowest BCUT2D eigenvalue weighted by Gasteiger charge is -2.24. The maximum atomic E-state index is 13.5. The van der Waals surface area contributed by atoms with Crippen LogP contribution < -0.4 is 19.6 Å². The molecule has 1 atom stereocenters. The van der Waals surface area contributed by atoms with Crippen molar-refractivity contribution >= 4 is 23.4 Å². The van der Waals surface area contributed by atoms with Crippen molar-refractivity contribution in [3.05, 3.63) is 96.2 Å². The summed E-state index contributed by atoms with van der Waals surface area (Å²) in [7, 11) is 1.59. The number of allylic oxidation sites excluding steroid dienone is 1. The molecule has 2 heterocycles. The zero-order chi connectivity index (χ0) is 22.8. The van der Waals surface area contributed by atoms with Gasteiger partial charge in [-0.3, -0.25) is 9.36 Å². The van der Waals surface area contributed by atoms with Gasteiger partial charge in [-0.1, -0.05) is 53.3 Å². The largest absolute Gasteiger partial charge is 0.497 e. The third-order valence-electron chi connectivity index (χ3n) is 5.32. The number of hydrogen-bond acceptors (Lipinski definition) is 6. The quantitative estimate of drug-likeness (QED) is 0.563. The average Bonchev–Trinajstić information content (AvgIpc) is 3.09. The summed E-state index contributed by atoms with van der Waals surface area (Å²) in [6.07, 6.45) is 1.86. The Morgan fingerprint density at radius 1 is 1.12 bits per heavy atom. The molecule has 0 radical (unpaired) electrons. The molecule has 2 aromatic carbocycles. The van der Waals surface area contributed by atoms with Gasteiger partial charge in [0, 0.05) is 0 Å². The monoisotopic (exact) mass is 448 g/mol. The van der Waals surface area contributed by atoms with Crippen LogP contribution in [-0.4, -0.2) is 24.3 Å². The van der Waals surface area contributed by atoms with Crippen LogP contribution in [0.4, 0.5) is 0 Å². The van der Waals surface area contributed by atoms with E-state index in [-0.39, 0.29) is 12.2 Å². The van der Waals surface area contributed by atoms with E-state index in [1.165, 1.54) is 11.3 Å². The molecule has 1 aromatic heterocycles. The topological polar surface area (TPSA) is 69.9 Å². The second kappa shape index (κ2) is 8.96. The zero-order valence-electron chi connectivity index (χ0n) is 18.4. The van der Waals surface area contributed by atoms with E-state index in [0.29, 0.717) is 26.4 Å². The average molecular weight is 449 g/mol. The van der Waals surface area contributed by atoms with Crippen molar-refractivity contribution in [1.82, 2.24) is 4.57 Å². The first-order valence-corrected chi connectivity index (χ1v) is 11.1. The predicted molar refractivity (Wildman–Crippen MR) is 125 cm³/mol. The Morgan fingerprint density at radius 2 is 1.81 bits per heavy atom. The van der Waals surface area contributed by atoms with Crippen LogP contribution >= 0.6 is 11.3 Å². The van der Waals surface area contributed by atoms with Gasteiger partial charge in [0.25, 0.3) is 5.56 Å². The molecule has 0 unspecified atom stereocenters. The highest BCUT2D eigenvalue weighted by molar-refractivity contribution is 7.07. The second-order valence-electron chi connectivity index (χ2n) is 7.49. The highest BCUT2D eigenvalue weighted by Gasteiger charge is 2.33. The normalized spacial score (nSPS) is 15.9. The molecule has 3 aromatic rings. The molecule has 0 amide bonds. The fourth-order valence-corrected chi connectivity index (χ4v) is 4.75. The second-order valence-corrected chi connectivity index (χ2v) is 8.50. The van der Waals surface area contributed by atoms with Gasteiger partial charge in [-0.2, -0.15) is 0 Å². The number of aryl methyl sites for hydroxylation is 1. The van der Waals surface area contributed by atoms with Gasteiger partial charge in [-0.15, -0.1) is 0 Å². The third-order valence-corrected chi connectivity index (χ3v) is 6.31. The molecule has 0 bridgehead atoms. The van der Waals surface area contributed by atoms with Crippen LogP contribution in [0, 0.1) is 6.92 Å². The molecule has 0 N–H and O–H groups in total. The van der Waals surface area contributed by atoms with Crippen molar-refractivity contribution in [2.45, 2.75) is 26.8 Å². The molecule has 4 rings (SSSR count). The van der Waals surface area contributed by atoms with E-state index in [1.807, 2.05) is 61.5 Å². The first-order valence-electron chi connectivity index (χ1n) is 10.3. The number of carbonyl (C=O) groups excluding carboxylic acids is 1. The smallest absolute Gasteiger partial charge is 0.338 e. The molecule has 0 fully saturated rings. The standard InChI is InChI=1S/C25H24N2O4S/c1-5-31-24(29)21-16(3)26-25-27(22(21)18-10-12-19(30-4)13-11-18)23(28)20(32-25)14-17-8-6-15(2)7-9-17/h6-14,22H,5H2,1-4H3/b20-14+/t22-/m1/s1. The molecule has 1 aliphatic heterocycles. The van der Waals surface area contributed by atoms with Crippen molar-refractivity contribution in [2.24, 2.45) is 4.99 Å². The highest BCUT2D eigenvalue weighted by Crippen LogP contribution is 2.31. The van der Waals surface area contributed by atoms with Gasteiger partial charge >= 0.3 is 5.97 Å². The number of aromatic nitrogens is 1. The number of rotatable bonds is 5. The molecule has 6 nitrogen and oxygen atoms in total. The first-order chi connectivity index (χ1) is 15.4. The first kappa shape index (κ1) is 21.8. The Kier molecular flexibility index (Phi) is 6.10.